The molecule has 19 heavy (non-hydrogen) atoms. The normalized spacial score (nSPS) is 26.1. The Kier molecular flexibility index (Phi) is 4.44. The van der Waals surface area contributed by atoms with Gasteiger partial charge < -0.3 is 10.4 Å². The number of carbonyl (C=O) groups is 2. The molecule has 0 heterocycles. The predicted octanol–water partition coefficient (Wildman–Crippen LogP) is 2.98. The number of hydrogen-bond acceptors (Lipinski definition) is 2. The minimum absolute atomic E-state index is 0.182. The molecule has 1 aromatic rings. The topological polar surface area (TPSA) is 66.4 Å². The number of hydrogen-bond donors (Lipinski definition) is 2. The average Bonchev–Trinajstić information content (AvgIpc) is 2.71. The number of amides is 1. The first-order valence-electron chi connectivity index (χ1n) is 6.26. The first-order chi connectivity index (χ1) is 8.97. The lowest BCUT2D eigenvalue weighted by atomic mass is 9.95. The number of aliphatic carboxylic acids is 1. The molecule has 0 aromatic heterocycles. The number of rotatable bonds is 3. The summed E-state index contributed by atoms with van der Waals surface area (Å²) in [4.78, 5) is 23.4. The molecular weight excluding hydrogens is 357 g/mol. The number of carbonyl (C=O) groups excluding carboxylic acids is 1. The fraction of sp³-hybridized carbons (Fsp3) is 0.429. The Bertz CT molecular complexity index is 503. The van der Waals surface area contributed by atoms with E-state index in [9.17, 15) is 14.7 Å². The van der Waals surface area contributed by atoms with E-state index in [0.717, 1.165) is 9.26 Å². The average molecular weight is 373 g/mol. The zero-order valence-electron chi connectivity index (χ0n) is 10.6. The van der Waals surface area contributed by atoms with Crippen molar-refractivity contribution in [2.24, 2.45) is 17.8 Å². The largest absolute Gasteiger partial charge is 0.481 e. The number of anilines is 1. The SMILES string of the molecule is CC1CC(C(=O)O)C(C(=O)Nc2cccc(I)c2)C1. The number of benzene rings is 1. The van der Waals surface area contributed by atoms with Gasteiger partial charge >= 0.3 is 5.97 Å². The van der Waals surface area contributed by atoms with E-state index >= 15 is 0 Å². The smallest absolute Gasteiger partial charge is 0.307 e. The van der Waals surface area contributed by atoms with Crippen molar-refractivity contribution in [2.45, 2.75) is 19.8 Å². The molecule has 1 aromatic carbocycles. The van der Waals surface area contributed by atoms with Crippen molar-refractivity contribution in [1.82, 2.24) is 0 Å². The van der Waals surface area contributed by atoms with E-state index in [1.807, 2.05) is 31.2 Å². The number of nitrogens with one attached hydrogen (secondary N) is 1. The van der Waals surface area contributed by atoms with Gasteiger partial charge in [-0.1, -0.05) is 13.0 Å². The van der Waals surface area contributed by atoms with Gasteiger partial charge in [-0.05, 0) is 59.5 Å². The van der Waals surface area contributed by atoms with Crippen molar-refractivity contribution in [3.05, 3.63) is 27.8 Å². The van der Waals surface area contributed by atoms with Gasteiger partial charge in [-0.3, -0.25) is 9.59 Å². The lowest BCUT2D eigenvalue weighted by molar-refractivity contribution is -0.145. The molecule has 5 heteroatoms. The Morgan fingerprint density at radius 2 is 2.00 bits per heavy atom. The summed E-state index contributed by atoms with van der Waals surface area (Å²) >= 11 is 2.17. The molecular formula is C14H16INO3. The Labute approximate surface area is 125 Å². The van der Waals surface area contributed by atoms with Crippen LogP contribution in [0.2, 0.25) is 0 Å². The van der Waals surface area contributed by atoms with Gasteiger partial charge in [0.15, 0.2) is 0 Å². The molecule has 1 amide bonds. The second-order valence-corrected chi connectivity index (χ2v) is 6.37. The van der Waals surface area contributed by atoms with Crippen LogP contribution in [0.3, 0.4) is 0 Å². The molecule has 4 nitrogen and oxygen atoms in total. The highest BCUT2D eigenvalue weighted by atomic mass is 127. The maximum Gasteiger partial charge on any atom is 0.307 e. The maximum atomic E-state index is 12.2. The van der Waals surface area contributed by atoms with E-state index in [1.54, 1.807) is 0 Å². The molecule has 1 aliphatic carbocycles. The number of carboxylic acid groups (broad SMARTS) is 1. The van der Waals surface area contributed by atoms with Crippen LogP contribution in [-0.2, 0) is 9.59 Å². The van der Waals surface area contributed by atoms with Crippen LogP contribution in [0.1, 0.15) is 19.8 Å². The summed E-state index contributed by atoms with van der Waals surface area (Å²) in [6.07, 6.45) is 1.23. The summed E-state index contributed by atoms with van der Waals surface area (Å²) in [5, 5.41) is 12.0. The highest BCUT2D eigenvalue weighted by Crippen LogP contribution is 2.37. The van der Waals surface area contributed by atoms with Gasteiger partial charge in [0.2, 0.25) is 5.91 Å². The van der Waals surface area contributed by atoms with E-state index in [4.69, 9.17) is 0 Å². The molecule has 3 unspecified atom stereocenters. The summed E-state index contributed by atoms with van der Waals surface area (Å²) < 4.78 is 1.03. The molecule has 3 atom stereocenters. The molecule has 102 valence electrons. The summed E-state index contributed by atoms with van der Waals surface area (Å²) in [6, 6.07) is 7.48. The lowest BCUT2D eigenvalue weighted by Crippen LogP contribution is -2.30. The monoisotopic (exact) mass is 373 g/mol. The predicted molar refractivity (Wildman–Crippen MR) is 80.8 cm³/mol. The zero-order chi connectivity index (χ0) is 14.0. The maximum absolute atomic E-state index is 12.2. The van der Waals surface area contributed by atoms with Crippen molar-refractivity contribution in [2.75, 3.05) is 5.32 Å². The van der Waals surface area contributed by atoms with Gasteiger partial charge in [0.05, 0.1) is 11.8 Å². The van der Waals surface area contributed by atoms with Gasteiger partial charge in [0, 0.05) is 9.26 Å². The summed E-state index contributed by atoms with van der Waals surface area (Å²) in [5.41, 5.74) is 0.723. The van der Waals surface area contributed by atoms with E-state index in [1.165, 1.54) is 0 Å². The molecule has 2 N–H and O–H groups in total. The highest BCUT2D eigenvalue weighted by molar-refractivity contribution is 14.1. The van der Waals surface area contributed by atoms with Crippen molar-refractivity contribution >= 4 is 40.2 Å². The van der Waals surface area contributed by atoms with Crippen LogP contribution in [0, 0.1) is 21.3 Å². The third-order valence-corrected chi connectivity index (χ3v) is 4.22. The van der Waals surface area contributed by atoms with Gasteiger partial charge in [0.1, 0.15) is 0 Å². The van der Waals surface area contributed by atoms with Crippen LogP contribution >= 0.6 is 22.6 Å². The van der Waals surface area contributed by atoms with Crippen LogP contribution < -0.4 is 5.32 Å². The van der Waals surface area contributed by atoms with Crippen molar-refractivity contribution in [3.63, 3.8) is 0 Å². The molecule has 0 bridgehead atoms. The molecule has 1 saturated carbocycles. The van der Waals surface area contributed by atoms with Gasteiger partial charge in [-0.15, -0.1) is 0 Å². The Morgan fingerprint density at radius 3 is 2.63 bits per heavy atom. The van der Waals surface area contributed by atoms with Crippen LogP contribution in [0.15, 0.2) is 24.3 Å². The van der Waals surface area contributed by atoms with E-state index in [-0.39, 0.29) is 11.8 Å². The summed E-state index contributed by atoms with van der Waals surface area (Å²) in [5.74, 6) is -1.75. The first-order valence-corrected chi connectivity index (χ1v) is 7.34. The molecule has 1 aliphatic rings. The molecule has 0 saturated heterocycles. The number of carboxylic acids is 1. The van der Waals surface area contributed by atoms with Gasteiger partial charge in [-0.25, -0.2) is 0 Å². The highest BCUT2D eigenvalue weighted by Gasteiger charge is 2.41. The Hall–Kier alpha value is -1.11. The Balaban J connectivity index is 2.09. The lowest BCUT2D eigenvalue weighted by Gasteiger charge is -2.15. The summed E-state index contributed by atoms with van der Waals surface area (Å²) in [7, 11) is 0. The van der Waals surface area contributed by atoms with Gasteiger partial charge in [0.25, 0.3) is 0 Å². The molecule has 0 spiro atoms. The Morgan fingerprint density at radius 1 is 1.32 bits per heavy atom. The van der Waals surface area contributed by atoms with Crippen molar-refractivity contribution < 1.29 is 14.7 Å². The second kappa shape index (κ2) is 5.90. The fourth-order valence-corrected chi connectivity index (χ4v) is 3.20. The van der Waals surface area contributed by atoms with Crippen LogP contribution in [0.5, 0.6) is 0 Å². The minimum Gasteiger partial charge on any atom is -0.481 e. The fourth-order valence-electron chi connectivity index (χ4n) is 2.66. The third kappa shape index (κ3) is 3.46. The van der Waals surface area contributed by atoms with E-state index in [2.05, 4.69) is 27.9 Å². The first kappa shape index (κ1) is 14.3. The van der Waals surface area contributed by atoms with Crippen LogP contribution in [0.4, 0.5) is 5.69 Å². The molecule has 0 radical (unpaired) electrons. The summed E-state index contributed by atoms with van der Waals surface area (Å²) in [6.45, 7) is 1.99. The molecule has 1 fully saturated rings. The third-order valence-electron chi connectivity index (χ3n) is 3.54. The van der Waals surface area contributed by atoms with Gasteiger partial charge in [-0.2, -0.15) is 0 Å². The molecule has 2 rings (SSSR count). The minimum atomic E-state index is -0.868. The van der Waals surface area contributed by atoms with E-state index < -0.39 is 17.8 Å². The standard InChI is InChI=1S/C14H16INO3/c1-8-5-11(12(6-8)14(18)19)13(17)16-10-4-2-3-9(15)7-10/h2-4,7-8,11-12H,5-6H2,1H3,(H,16,17)(H,18,19). The quantitative estimate of drug-likeness (QED) is 0.801. The van der Waals surface area contributed by atoms with Crippen LogP contribution in [0.25, 0.3) is 0 Å². The number of halogens is 1. The van der Waals surface area contributed by atoms with Crippen molar-refractivity contribution in [1.29, 1.82) is 0 Å². The van der Waals surface area contributed by atoms with Crippen molar-refractivity contribution in [3.8, 4) is 0 Å². The second-order valence-electron chi connectivity index (χ2n) is 5.13. The molecule has 0 aliphatic heterocycles. The van der Waals surface area contributed by atoms with E-state index in [0.29, 0.717) is 12.8 Å². The zero-order valence-corrected chi connectivity index (χ0v) is 12.8. The van der Waals surface area contributed by atoms with Crippen LogP contribution in [-0.4, -0.2) is 17.0 Å².